The van der Waals surface area contributed by atoms with Crippen molar-refractivity contribution in [2.45, 2.75) is 32.8 Å². The van der Waals surface area contributed by atoms with Crippen molar-refractivity contribution < 1.29 is 19.1 Å². The Kier molecular flexibility index (Phi) is 4.72. The molecule has 3 heterocycles. The van der Waals surface area contributed by atoms with Gasteiger partial charge in [0.1, 0.15) is 11.3 Å². The molecule has 2 N–H and O–H groups in total. The van der Waals surface area contributed by atoms with Crippen LogP contribution in [0.15, 0.2) is 18.2 Å². The van der Waals surface area contributed by atoms with Gasteiger partial charge in [-0.1, -0.05) is 6.07 Å². The first-order chi connectivity index (χ1) is 13.7. The molecule has 0 radical (unpaired) electrons. The lowest BCUT2D eigenvalue weighted by Crippen LogP contribution is -2.51. The molecule has 0 unspecified atom stereocenters. The Morgan fingerprint density at radius 1 is 1.07 bits per heavy atom. The highest BCUT2D eigenvalue weighted by Gasteiger charge is 2.30. The summed E-state index contributed by atoms with van der Waals surface area (Å²) in [5.41, 5.74) is 2.30. The van der Waals surface area contributed by atoms with E-state index in [2.05, 4.69) is 10.3 Å². The number of rotatable bonds is 1. The molecule has 0 atom stereocenters. The topological polar surface area (TPSA) is 94.7 Å². The highest BCUT2D eigenvalue weighted by molar-refractivity contribution is 6.11. The number of piperazine rings is 1. The molecule has 4 rings (SSSR count). The van der Waals surface area contributed by atoms with Gasteiger partial charge in [-0.15, -0.1) is 0 Å². The quantitative estimate of drug-likeness (QED) is 0.770. The predicted octanol–water partition coefficient (Wildman–Crippen LogP) is 2.15. The molecule has 0 bridgehead atoms. The zero-order valence-corrected chi connectivity index (χ0v) is 17.0. The molecular formula is C21H26N4O4. The minimum absolute atomic E-state index is 0.0766. The maximum Gasteiger partial charge on any atom is 0.410 e. The second kappa shape index (κ2) is 7.09. The Morgan fingerprint density at radius 2 is 1.76 bits per heavy atom. The summed E-state index contributed by atoms with van der Waals surface area (Å²) in [6.45, 7) is 7.84. The van der Waals surface area contributed by atoms with Gasteiger partial charge < -0.3 is 24.8 Å². The van der Waals surface area contributed by atoms with Gasteiger partial charge in [0, 0.05) is 49.2 Å². The van der Waals surface area contributed by atoms with Crippen LogP contribution < -0.4 is 5.32 Å². The lowest BCUT2D eigenvalue weighted by atomic mass is 9.99. The summed E-state index contributed by atoms with van der Waals surface area (Å²) in [6, 6.07) is 5.52. The zero-order chi connectivity index (χ0) is 20.8. The molecule has 2 aliphatic rings. The Labute approximate surface area is 169 Å². The summed E-state index contributed by atoms with van der Waals surface area (Å²) in [6.07, 6.45) is 0.343. The number of hydrogen-bond acceptors (Lipinski definition) is 4. The summed E-state index contributed by atoms with van der Waals surface area (Å²) in [5.74, 6) is -0.209. The number of amides is 3. The number of hydrogen-bond donors (Lipinski definition) is 2. The zero-order valence-electron chi connectivity index (χ0n) is 17.0. The number of nitrogens with zero attached hydrogens (tertiary/aromatic N) is 2. The minimum Gasteiger partial charge on any atom is -0.444 e. The van der Waals surface area contributed by atoms with E-state index in [0.29, 0.717) is 50.4 Å². The van der Waals surface area contributed by atoms with Gasteiger partial charge in [-0.3, -0.25) is 9.59 Å². The average Bonchev–Trinajstić information content (AvgIpc) is 3.06. The first-order valence-electron chi connectivity index (χ1n) is 9.93. The van der Waals surface area contributed by atoms with Gasteiger partial charge in [-0.25, -0.2) is 4.79 Å². The summed E-state index contributed by atoms with van der Waals surface area (Å²) in [7, 11) is 0. The highest BCUT2D eigenvalue weighted by Crippen LogP contribution is 2.29. The standard InChI is InChI=1S/C21H26N4O4/c1-21(2,3)29-20(28)25-11-9-24(10-12-25)19(27)14-5-4-6-15-16(14)13-7-8-22-18(26)17(13)23-15/h4-6,23H,7-12H2,1-3H3,(H,22,26). The molecule has 0 saturated carbocycles. The van der Waals surface area contributed by atoms with E-state index >= 15 is 0 Å². The van der Waals surface area contributed by atoms with E-state index in [0.717, 1.165) is 16.5 Å². The van der Waals surface area contributed by atoms with Gasteiger partial charge in [-0.05, 0) is 44.9 Å². The monoisotopic (exact) mass is 398 g/mol. The number of nitrogens with one attached hydrogen (secondary N) is 2. The normalized spacial score (nSPS) is 17.1. The van der Waals surface area contributed by atoms with Gasteiger partial charge in [0.15, 0.2) is 0 Å². The Morgan fingerprint density at radius 3 is 2.45 bits per heavy atom. The smallest absolute Gasteiger partial charge is 0.410 e. The number of H-pyrrole nitrogens is 1. The molecule has 29 heavy (non-hydrogen) atoms. The van der Waals surface area contributed by atoms with E-state index in [1.165, 1.54) is 0 Å². The van der Waals surface area contributed by atoms with Crippen LogP contribution in [-0.4, -0.2) is 71.0 Å². The maximum absolute atomic E-state index is 13.3. The SMILES string of the molecule is CC(C)(C)OC(=O)N1CCN(C(=O)c2cccc3[nH]c4c(c23)CCNC4=O)CC1. The summed E-state index contributed by atoms with van der Waals surface area (Å²) in [4.78, 5) is 44.2. The number of fused-ring (bicyclic) bond motifs is 3. The van der Waals surface area contributed by atoms with Crippen LogP contribution in [0.4, 0.5) is 4.79 Å². The van der Waals surface area contributed by atoms with Crippen molar-refractivity contribution in [2.75, 3.05) is 32.7 Å². The third kappa shape index (κ3) is 3.66. The molecule has 0 spiro atoms. The lowest BCUT2D eigenvalue weighted by Gasteiger charge is -2.35. The molecule has 0 aliphatic carbocycles. The Balaban J connectivity index is 1.53. The van der Waals surface area contributed by atoms with Crippen molar-refractivity contribution >= 4 is 28.8 Å². The van der Waals surface area contributed by atoms with Gasteiger partial charge in [0.25, 0.3) is 11.8 Å². The fourth-order valence-electron chi connectivity index (χ4n) is 3.92. The van der Waals surface area contributed by atoms with Crippen molar-refractivity contribution in [1.82, 2.24) is 20.1 Å². The minimum atomic E-state index is -0.542. The predicted molar refractivity (Wildman–Crippen MR) is 108 cm³/mol. The molecule has 1 aromatic carbocycles. The van der Waals surface area contributed by atoms with Crippen molar-refractivity contribution in [3.63, 3.8) is 0 Å². The maximum atomic E-state index is 13.3. The second-order valence-electron chi connectivity index (χ2n) is 8.47. The number of aromatic nitrogens is 1. The highest BCUT2D eigenvalue weighted by atomic mass is 16.6. The van der Waals surface area contributed by atoms with Crippen molar-refractivity contribution in [2.24, 2.45) is 0 Å². The molecule has 2 aliphatic heterocycles. The van der Waals surface area contributed by atoms with E-state index < -0.39 is 5.60 Å². The van der Waals surface area contributed by atoms with Gasteiger partial charge in [0.2, 0.25) is 0 Å². The van der Waals surface area contributed by atoms with E-state index in [1.54, 1.807) is 9.80 Å². The largest absolute Gasteiger partial charge is 0.444 e. The molecule has 154 valence electrons. The fraction of sp³-hybridized carbons (Fsp3) is 0.476. The third-order valence-electron chi connectivity index (χ3n) is 5.26. The number of carbonyl (C=O) groups excluding carboxylic acids is 3. The van der Waals surface area contributed by atoms with Crippen LogP contribution in [-0.2, 0) is 11.2 Å². The van der Waals surface area contributed by atoms with Gasteiger partial charge in [0.05, 0.1) is 0 Å². The van der Waals surface area contributed by atoms with Crippen LogP contribution in [0.3, 0.4) is 0 Å². The van der Waals surface area contributed by atoms with Crippen LogP contribution in [0.25, 0.3) is 10.9 Å². The average molecular weight is 398 g/mol. The van der Waals surface area contributed by atoms with Crippen LogP contribution in [0.1, 0.15) is 47.2 Å². The number of aromatic amines is 1. The van der Waals surface area contributed by atoms with Crippen molar-refractivity contribution in [1.29, 1.82) is 0 Å². The summed E-state index contributed by atoms with van der Waals surface area (Å²) >= 11 is 0. The molecule has 8 nitrogen and oxygen atoms in total. The van der Waals surface area contributed by atoms with Gasteiger partial charge in [-0.2, -0.15) is 0 Å². The van der Waals surface area contributed by atoms with Gasteiger partial charge >= 0.3 is 6.09 Å². The van der Waals surface area contributed by atoms with Crippen molar-refractivity contribution in [3.05, 3.63) is 35.0 Å². The van der Waals surface area contributed by atoms with Crippen LogP contribution in [0.5, 0.6) is 0 Å². The van der Waals surface area contributed by atoms with Crippen LogP contribution >= 0.6 is 0 Å². The molecule has 8 heteroatoms. The van der Waals surface area contributed by atoms with E-state index in [9.17, 15) is 14.4 Å². The number of benzene rings is 1. The number of carbonyl (C=O) groups is 3. The third-order valence-corrected chi connectivity index (χ3v) is 5.26. The first kappa shape index (κ1) is 19.3. The molecule has 1 aromatic heterocycles. The summed E-state index contributed by atoms with van der Waals surface area (Å²) in [5, 5.41) is 3.66. The first-order valence-corrected chi connectivity index (χ1v) is 9.93. The molecule has 1 fully saturated rings. The second-order valence-corrected chi connectivity index (χ2v) is 8.47. The van der Waals surface area contributed by atoms with E-state index in [-0.39, 0.29) is 17.9 Å². The van der Waals surface area contributed by atoms with E-state index in [1.807, 2.05) is 39.0 Å². The lowest BCUT2D eigenvalue weighted by molar-refractivity contribution is 0.0141. The molecule has 3 amide bonds. The number of ether oxygens (including phenoxy) is 1. The molecule has 1 saturated heterocycles. The Bertz CT molecular complexity index is 980. The van der Waals surface area contributed by atoms with Crippen molar-refractivity contribution in [3.8, 4) is 0 Å². The fourth-order valence-corrected chi connectivity index (χ4v) is 3.92. The van der Waals surface area contributed by atoms with Crippen LogP contribution in [0, 0.1) is 0 Å². The Hall–Kier alpha value is -3.03. The van der Waals surface area contributed by atoms with E-state index in [4.69, 9.17) is 4.74 Å². The molecule has 2 aromatic rings. The summed E-state index contributed by atoms with van der Waals surface area (Å²) < 4.78 is 5.42. The molecular weight excluding hydrogens is 372 g/mol. The van der Waals surface area contributed by atoms with Crippen LogP contribution in [0.2, 0.25) is 0 Å².